The van der Waals surface area contributed by atoms with E-state index in [1.165, 1.54) is 215 Å². The van der Waals surface area contributed by atoms with Crippen LogP contribution in [0.1, 0.15) is 255 Å². The standard InChI is InChI=1S/C62H86Br2F4N4S4/c1-5-9-13-17-21-23-27-31-35-43(33-29-25-19-15-11-7-3)39-45-41-49(73-61(45)63)51-55(67)53(65)47(57-59(51)71-75-69-57)37-38-48-54(66)56(68)52(60-58(48)70-76-72-60)50-42-46(62(64)74-50)40-44(34-30-26-20-16-12-8-4)36-32-28-24-22-18-14-10-6-2/h37-38,41-44H,5-36,39-40H2,1-4H3/b38-37+. The molecule has 420 valence electrons. The molecule has 0 saturated heterocycles. The van der Waals surface area contributed by atoms with Gasteiger partial charge in [-0.25, -0.2) is 17.6 Å². The lowest BCUT2D eigenvalue weighted by Crippen LogP contribution is -2.05. The van der Waals surface area contributed by atoms with Gasteiger partial charge in [0.2, 0.25) is 0 Å². The summed E-state index contributed by atoms with van der Waals surface area (Å²) in [4.78, 5) is 1.16. The number of nitrogens with zero attached hydrogens (tertiary/aromatic N) is 4. The second-order valence-corrected chi connectivity index (χ2v) is 27.5. The molecule has 2 aromatic carbocycles. The average molecular weight is 1250 g/mol. The summed E-state index contributed by atoms with van der Waals surface area (Å²) in [6, 6.07) is 3.99. The Morgan fingerprint density at radius 2 is 0.671 bits per heavy atom. The lowest BCUT2D eigenvalue weighted by molar-refractivity contribution is 0.400. The zero-order valence-electron chi connectivity index (χ0n) is 46.2. The fourth-order valence-electron chi connectivity index (χ4n) is 11.1. The topological polar surface area (TPSA) is 51.6 Å². The van der Waals surface area contributed by atoms with Crippen molar-refractivity contribution in [1.82, 2.24) is 17.5 Å². The lowest BCUT2D eigenvalue weighted by atomic mass is 9.89. The van der Waals surface area contributed by atoms with Gasteiger partial charge in [-0.15, -0.1) is 22.7 Å². The van der Waals surface area contributed by atoms with Gasteiger partial charge in [0.15, 0.2) is 23.3 Å². The molecule has 0 aliphatic rings. The van der Waals surface area contributed by atoms with Crippen molar-refractivity contribution in [3.05, 3.63) is 65.2 Å². The number of unbranched alkanes of at least 4 members (excludes halogenated alkanes) is 24. The first-order valence-electron chi connectivity index (χ1n) is 29.6. The number of hydrogen-bond acceptors (Lipinski definition) is 8. The van der Waals surface area contributed by atoms with E-state index in [1.807, 2.05) is 12.1 Å². The third-order valence-corrected chi connectivity index (χ3v) is 20.6. The van der Waals surface area contributed by atoms with Crippen molar-refractivity contribution in [2.45, 2.75) is 246 Å². The number of benzene rings is 2. The fourth-order valence-corrected chi connectivity index (χ4v) is 15.7. The van der Waals surface area contributed by atoms with Gasteiger partial charge >= 0.3 is 0 Å². The van der Waals surface area contributed by atoms with Gasteiger partial charge in [0.25, 0.3) is 0 Å². The van der Waals surface area contributed by atoms with Crippen LogP contribution in [0.3, 0.4) is 0 Å². The maximum atomic E-state index is 16.6. The highest BCUT2D eigenvalue weighted by Gasteiger charge is 2.28. The Balaban J connectivity index is 1.20. The minimum Gasteiger partial charge on any atom is -0.203 e. The molecule has 0 bridgehead atoms. The van der Waals surface area contributed by atoms with Gasteiger partial charge in [0.1, 0.15) is 22.1 Å². The quantitative estimate of drug-likeness (QED) is 0.0219. The average Bonchev–Trinajstić information content (AvgIpc) is 4.26. The molecule has 0 aliphatic heterocycles. The number of aromatic nitrogens is 4. The molecule has 14 heteroatoms. The van der Waals surface area contributed by atoms with E-state index in [4.69, 9.17) is 0 Å². The lowest BCUT2D eigenvalue weighted by Gasteiger charge is -2.17. The normalized spacial score (nSPS) is 12.9. The first kappa shape index (κ1) is 63.1. The van der Waals surface area contributed by atoms with E-state index in [-0.39, 0.29) is 44.3 Å². The summed E-state index contributed by atoms with van der Waals surface area (Å²) in [5, 5.41) is 0. The Hall–Kier alpha value is -2.10. The van der Waals surface area contributed by atoms with Crippen LogP contribution in [0.2, 0.25) is 0 Å². The predicted molar refractivity (Wildman–Crippen MR) is 330 cm³/mol. The summed E-state index contributed by atoms with van der Waals surface area (Å²) < 4.78 is 86.1. The van der Waals surface area contributed by atoms with Gasteiger partial charge in [-0.2, -0.15) is 17.5 Å². The Morgan fingerprint density at radius 1 is 0.395 bits per heavy atom. The van der Waals surface area contributed by atoms with E-state index in [1.54, 1.807) is 0 Å². The maximum absolute atomic E-state index is 16.6. The van der Waals surface area contributed by atoms with Crippen molar-refractivity contribution < 1.29 is 17.6 Å². The first-order chi connectivity index (χ1) is 37.1. The molecular weight excluding hydrogens is 1160 g/mol. The molecule has 2 unspecified atom stereocenters. The number of halogens is 6. The molecule has 6 rings (SSSR count). The SMILES string of the molecule is CCCCCCCCCCC(CCCCCCCC)Cc1cc(-c2c(F)c(F)c(/C=C/c3c(F)c(F)c(-c4cc(CC(CCCCCCCC)CCCCCCCCCC)c(Br)s4)c4nsnc34)c3nsnc23)sc1Br. The van der Waals surface area contributed by atoms with Crippen LogP contribution < -0.4 is 0 Å². The van der Waals surface area contributed by atoms with Crippen molar-refractivity contribution in [2.75, 3.05) is 0 Å². The highest BCUT2D eigenvalue weighted by atomic mass is 79.9. The summed E-state index contributed by atoms with van der Waals surface area (Å²) in [5.41, 5.74) is 2.78. The monoisotopic (exact) mass is 1250 g/mol. The zero-order chi connectivity index (χ0) is 54.1. The molecule has 0 spiro atoms. The smallest absolute Gasteiger partial charge is 0.170 e. The van der Waals surface area contributed by atoms with Crippen LogP contribution in [0.4, 0.5) is 17.6 Å². The molecule has 2 atom stereocenters. The van der Waals surface area contributed by atoms with E-state index < -0.39 is 23.3 Å². The highest BCUT2D eigenvalue weighted by molar-refractivity contribution is 9.11. The van der Waals surface area contributed by atoms with Crippen molar-refractivity contribution >= 4 is 112 Å². The Kier molecular flexibility index (Phi) is 29.0. The molecule has 0 amide bonds. The Labute approximate surface area is 487 Å². The number of hydrogen-bond donors (Lipinski definition) is 0. The minimum atomic E-state index is -1.12. The molecule has 4 aromatic heterocycles. The summed E-state index contributed by atoms with van der Waals surface area (Å²) in [5.74, 6) is -3.31. The number of rotatable bonds is 40. The van der Waals surface area contributed by atoms with Gasteiger partial charge in [-0.1, -0.05) is 233 Å². The van der Waals surface area contributed by atoms with Crippen LogP contribution in [0, 0.1) is 35.1 Å². The van der Waals surface area contributed by atoms with E-state index in [0.717, 1.165) is 80.7 Å². The minimum absolute atomic E-state index is 0.0712. The van der Waals surface area contributed by atoms with Gasteiger partial charge in [0.05, 0.1) is 42.2 Å². The van der Waals surface area contributed by atoms with Crippen LogP contribution in [0.25, 0.3) is 55.1 Å². The third-order valence-electron chi connectivity index (χ3n) is 15.6. The molecule has 0 fully saturated rings. The fraction of sp³-hybridized carbons (Fsp3) is 0.645. The first-order valence-corrected chi connectivity index (χ1v) is 34.3. The molecule has 76 heavy (non-hydrogen) atoms. The predicted octanol–water partition coefficient (Wildman–Crippen LogP) is 24.3. The van der Waals surface area contributed by atoms with E-state index in [2.05, 4.69) is 77.0 Å². The molecule has 4 nitrogen and oxygen atoms in total. The molecule has 4 heterocycles. The van der Waals surface area contributed by atoms with Crippen LogP contribution in [0.5, 0.6) is 0 Å². The molecule has 0 N–H and O–H groups in total. The van der Waals surface area contributed by atoms with Gasteiger partial charge < -0.3 is 0 Å². The largest absolute Gasteiger partial charge is 0.203 e. The summed E-state index contributed by atoms with van der Waals surface area (Å²) >= 11 is 12.2. The zero-order valence-corrected chi connectivity index (χ0v) is 52.6. The van der Waals surface area contributed by atoms with Crippen LogP contribution in [0.15, 0.2) is 19.7 Å². The molecule has 0 aliphatic carbocycles. The van der Waals surface area contributed by atoms with Crippen molar-refractivity contribution in [3.8, 4) is 20.9 Å². The summed E-state index contributed by atoms with van der Waals surface area (Å²) in [6.45, 7) is 9.02. The summed E-state index contributed by atoms with van der Waals surface area (Å²) in [7, 11) is 0. The summed E-state index contributed by atoms with van der Waals surface area (Å²) in [6.07, 6.45) is 44.6. The molecular formula is C62H86Br2F4N4S4. The second-order valence-electron chi connectivity index (χ2n) is 21.7. The third kappa shape index (κ3) is 18.7. The van der Waals surface area contributed by atoms with E-state index in [9.17, 15) is 0 Å². The van der Waals surface area contributed by atoms with Gasteiger partial charge in [0, 0.05) is 20.9 Å². The molecule has 6 aromatic rings. The van der Waals surface area contributed by atoms with E-state index >= 15 is 17.6 Å². The highest BCUT2D eigenvalue weighted by Crippen LogP contribution is 2.45. The van der Waals surface area contributed by atoms with Crippen molar-refractivity contribution in [3.63, 3.8) is 0 Å². The number of fused-ring (bicyclic) bond motifs is 2. The van der Waals surface area contributed by atoms with Crippen molar-refractivity contribution in [2.24, 2.45) is 11.8 Å². The maximum Gasteiger partial charge on any atom is 0.170 e. The van der Waals surface area contributed by atoms with Crippen LogP contribution >= 0.6 is 78.0 Å². The Morgan fingerprint density at radius 3 is 0.974 bits per heavy atom. The van der Waals surface area contributed by atoms with Crippen molar-refractivity contribution in [1.29, 1.82) is 0 Å². The number of thiophene rings is 2. The second kappa shape index (κ2) is 34.9. The molecule has 0 saturated carbocycles. The molecule has 0 radical (unpaired) electrons. The van der Waals surface area contributed by atoms with Gasteiger partial charge in [-0.3, -0.25) is 0 Å². The van der Waals surface area contributed by atoms with Gasteiger partial charge in [-0.05, 0) is 91.9 Å². The van der Waals surface area contributed by atoms with E-state index in [0.29, 0.717) is 21.6 Å². The Bertz CT molecular complexity index is 2480. The van der Waals surface area contributed by atoms with Crippen LogP contribution in [-0.2, 0) is 12.8 Å². The van der Waals surface area contributed by atoms with Crippen LogP contribution in [-0.4, -0.2) is 17.5 Å².